The summed E-state index contributed by atoms with van der Waals surface area (Å²) in [5.41, 5.74) is 0. The largest absolute Gasteiger partial charge is 0.353 e. The fourth-order valence-electron chi connectivity index (χ4n) is 3.90. The van der Waals surface area contributed by atoms with Crippen molar-refractivity contribution < 1.29 is 9.47 Å². The van der Waals surface area contributed by atoms with E-state index in [4.69, 9.17) is 32.7 Å². The first-order chi connectivity index (χ1) is 8.74. The van der Waals surface area contributed by atoms with E-state index in [9.17, 15) is 0 Å². The van der Waals surface area contributed by atoms with Gasteiger partial charge in [-0.2, -0.15) is 0 Å². The fraction of sp³-hybridized carbons (Fsp3) is 0.857. The molecule has 2 saturated carbocycles. The van der Waals surface area contributed by atoms with Gasteiger partial charge in [-0.3, -0.25) is 0 Å². The van der Waals surface area contributed by atoms with Crippen molar-refractivity contribution in [2.75, 3.05) is 6.61 Å². The van der Waals surface area contributed by atoms with Crippen LogP contribution in [0, 0.1) is 17.8 Å². The van der Waals surface area contributed by atoms with Gasteiger partial charge in [0, 0.05) is 6.61 Å². The van der Waals surface area contributed by atoms with Crippen molar-refractivity contribution in [1.82, 2.24) is 0 Å². The van der Waals surface area contributed by atoms with Gasteiger partial charge in [0.1, 0.15) is 4.49 Å². The molecular formula is C14H20Cl2O2. The van der Waals surface area contributed by atoms with Crippen LogP contribution in [0.5, 0.6) is 0 Å². The highest BCUT2D eigenvalue weighted by Crippen LogP contribution is 2.52. The molecule has 18 heavy (non-hydrogen) atoms. The zero-order chi connectivity index (χ0) is 12.5. The van der Waals surface area contributed by atoms with Crippen LogP contribution in [0.2, 0.25) is 0 Å². The number of rotatable bonds is 3. The molecule has 1 saturated heterocycles. The highest BCUT2D eigenvalue weighted by Gasteiger charge is 2.48. The number of halogens is 2. The predicted octanol–water partition coefficient (Wildman–Crippen LogP) is 4.26. The highest BCUT2D eigenvalue weighted by molar-refractivity contribution is 6.55. The van der Waals surface area contributed by atoms with Gasteiger partial charge in [-0.25, -0.2) is 0 Å². The normalized spacial score (nSPS) is 43.1. The van der Waals surface area contributed by atoms with Crippen molar-refractivity contribution >= 4 is 23.2 Å². The predicted molar refractivity (Wildman–Crippen MR) is 72.6 cm³/mol. The van der Waals surface area contributed by atoms with Gasteiger partial charge >= 0.3 is 0 Å². The molecule has 0 aromatic rings. The highest BCUT2D eigenvalue weighted by atomic mass is 35.5. The molecule has 0 N–H and O–H groups in total. The average Bonchev–Trinajstić information content (AvgIpc) is 2.86. The molecule has 0 aromatic carbocycles. The van der Waals surface area contributed by atoms with E-state index in [1.807, 2.05) is 6.08 Å². The number of hydrogen-bond donors (Lipinski definition) is 0. The van der Waals surface area contributed by atoms with Crippen LogP contribution >= 0.6 is 23.2 Å². The third-order valence-corrected chi connectivity index (χ3v) is 4.96. The van der Waals surface area contributed by atoms with Crippen molar-refractivity contribution in [3.8, 4) is 0 Å². The van der Waals surface area contributed by atoms with Crippen molar-refractivity contribution in [1.29, 1.82) is 0 Å². The van der Waals surface area contributed by atoms with E-state index < -0.39 is 0 Å². The molecule has 1 unspecified atom stereocenters. The minimum Gasteiger partial charge on any atom is -0.353 e. The number of ether oxygens (including phenoxy) is 2. The molecule has 3 aliphatic rings. The van der Waals surface area contributed by atoms with Crippen LogP contribution in [0.25, 0.3) is 0 Å². The van der Waals surface area contributed by atoms with Crippen LogP contribution in [0.3, 0.4) is 0 Å². The molecule has 3 rings (SSSR count). The third-order valence-electron chi connectivity index (χ3n) is 4.71. The summed E-state index contributed by atoms with van der Waals surface area (Å²) in [6, 6.07) is 0. The maximum Gasteiger partial charge on any atom is 0.157 e. The molecule has 0 spiro atoms. The molecule has 2 aliphatic carbocycles. The summed E-state index contributed by atoms with van der Waals surface area (Å²) in [6.45, 7) is 0.850. The fourth-order valence-corrected chi connectivity index (χ4v) is 4.19. The second kappa shape index (κ2) is 5.70. The van der Waals surface area contributed by atoms with Crippen molar-refractivity contribution in [3.05, 3.63) is 10.6 Å². The number of hydrogen-bond acceptors (Lipinski definition) is 2. The van der Waals surface area contributed by atoms with Gasteiger partial charge in [0.15, 0.2) is 6.29 Å². The number of allylic oxidation sites excluding steroid dienone is 1. The summed E-state index contributed by atoms with van der Waals surface area (Å²) in [7, 11) is 0. The Morgan fingerprint density at radius 1 is 1.17 bits per heavy atom. The first-order valence-corrected chi connectivity index (χ1v) is 7.79. The molecule has 2 nitrogen and oxygen atoms in total. The monoisotopic (exact) mass is 290 g/mol. The first-order valence-electron chi connectivity index (χ1n) is 7.04. The first kappa shape index (κ1) is 13.2. The Bertz CT molecular complexity index is 322. The van der Waals surface area contributed by atoms with E-state index >= 15 is 0 Å². The molecule has 1 heterocycles. The van der Waals surface area contributed by atoms with Crippen LogP contribution in [0.1, 0.15) is 38.5 Å². The standard InChI is InChI=1S/C14H20Cl2O2/c15-13(16)8-11-9-4-5-10(11)12(7-9)18-14-3-1-2-6-17-14/h8-12,14H,1-7H2/t9-,10-,11+,12-,14?/m0/s1. The Morgan fingerprint density at radius 2 is 2.06 bits per heavy atom. The SMILES string of the molecule is ClC(Cl)=C[C@@H]1[C@H]2CC[C@@H]1[C@@H](OC1CCCCO1)C2. The minimum absolute atomic E-state index is 0.0270. The van der Waals surface area contributed by atoms with Gasteiger partial charge < -0.3 is 9.47 Å². The third kappa shape index (κ3) is 2.72. The Kier molecular flexibility index (Phi) is 4.19. The Hall–Kier alpha value is 0.240. The lowest BCUT2D eigenvalue weighted by molar-refractivity contribution is -0.197. The zero-order valence-electron chi connectivity index (χ0n) is 10.5. The van der Waals surface area contributed by atoms with Gasteiger partial charge in [0.2, 0.25) is 0 Å². The molecule has 3 fully saturated rings. The summed E-state index contributed by atoms with van der Waals surface area (Å²) in [6.07, 6.45) is 9.52. The minimum atomic E-state index is 0.0270. The van der Waals surface area contributed by atoms with Crippen LogP contribution in [-0.4, -0.2) is 19.0 Å². The maximum absolute atomic E-state index is 6.16. The summed E-state index contributed by atoms with van der Waals surface area (Å²) < 4.78 is 12.2. The summed E-state index contributed by atoms with van der Waals surface area (Å²) in [5, 5.41) is 0. The van der Waals surface area contributed by atoms with Crippen LogP contribution < -0.4 is 0 Å². The smallest absolute Gasteiger partial charge is 0.157 e. The average molecular weight is 291 g/mol. The summed E-state index contributed by atoms with van der Waals surface area (Å²) in [5.74, 6) is 1.81. The van der Waals surface area contributed by atoms with Crippen LogP contribution in [0.15, 0.2) is 10.6 Å². The van der Waals surface area contributed by atoms with Gasteiger partial charge in [0.05, 0.1) is 6.10 Å². The van der Waals surface area contributed by atoms with E-state index in [-0.39, 0.29) is 6.29 Å². The maximum atomic E-state index is 6.16. The van der Waals surface area contributed by atoms with E-state index in [0.29, 0.717) is 28.3 Å². The van der Waals surface area contributed by atoms with E-state index in [0.717, 1.165) is 19.4 Å². The van der Waals surface area contributed by atoms with Crippen molar-refractivity contribution in [3.63, 3.8) is 0 Å². The molecule has 0 aromatic heterocycles. The lowest BCUT2D eigenvalue weighted by Crippen LogP contribution is -2.31. The van der Waals surface area contributed by atoms with Crippen molar-refractivity contribution in [2.45, 2.75) is 50.9 Å². The van der Waals surface area contributed by atoms with E-state index in [1.54, 1.807) is 0 Å². The molecular weight excluding hydrogens is 271 g/mol. The van der Waals surface area contributed by atoms with Crippen LogP contribution in [-0.2, 0) is 9.47 Å². The molecule has 102 valence electrons. The second-order valence-corrected chi connectivity index (χ2v) is 6.75. The lowest BCUT2D eigenvalue weighted by Gasteiger charge is -2.30. The Labute approximate surface area is 119 Å². The topological polar surface area (TPSA) is 18.5 Å². The van der Waals surface area contributed by atoms with Crippen molar-refractivity contribution in [2.24, 2.45) is 17.8 Å². The molecule has 5 atom stereocenters. The van der Waals surface area contributed by atoms with Gasteiger partial charge in [-0.1, -0.05) is 29.3 Å². The molecule has 0 amide bonds. The molecule has 0 radical (unpaired) electrons. The molecule has 4 heteroatoms. The van der Waals surface area contributed by atoms with E-state index in [1.165, 1.54) is 25.7 Å². The molecule has 1 aliphatic heterocycles. The van der Waals surface area contributed by atoms with E-state index in [2.05, 4.69) is 0 Å². The van der Waals surface area contributed by atoms with Gasteiger partial charge in [0.25, 0.3) is 0 Å². The van der Waals surface area contributed by atoms with Gasteiger partial charge in [-0.05, 0) is 56.3 Å². The Balaban J connectivity index is 1.60. The quantitative estimate of drug-likeness (QED) is 0.773. The molecule has 2 bridgehead atoms. The summed E-state index contributed by atoms with van der Waals surface area (Å²) in [4.78, 5) is 0. The Morgan fingerprint density at radius 3 is 2.78 bits per heavy atom. The van der Waals surface area contributed by atoms with Gasteiger partial charge in [-0.15, -0.1) is 0 Å². The second-order valence-electron chi connectivity index (χ2n) is 5.74. The number of fused-ring (bicyclic) bond motifs is 2. The zero-order valence-corrected chi connectivity index (χ0v) is 12.0. The lowest BCUT2D eigenvalue weighted by atomic mass is 9.96. The van der Waals surface area contributed by atoms with Crippen LogP contribution in [0.4, 0.5) is 0 Å². The summed E-state index contributed by atoms with van der Waals surface area (Å²) >= 11 is 11.6.